The first-order valence-corrected chi connectivity index (χ1v) is 8.42. The predicted molar refractivity (Wildman–Crippen MR) is 94.0 cm³/mol. The van der Waals surface area contributed by atoms with Gasteiger partial charge in [0, 0.05) is 24.1 Å². The minimum Gasteiger partial charge on any atom is -0.297 e. The Kier molecular flexibility index (Phi) is 6.14. The van der Waals surface area contributed by atoms with E-state index < -0.39 is 4.92 Å². The van der Waals surface area contributed by atoms with Crippen LogP contribution in [-0.2, 0) is 4.79 Å². The van der Waals surface area contributed by atoms with Crippen LogP contribution in [0, 0.1) is 10.1 Å². The molecule has 126 valence electrons. The number of carbonyl (C=O) groups excluding carboxylic acids is 1. The van der Waals surface area contributed by atoms with Crippen LogP contribution >= 0.6 is 11.3 Å². The lowest BCUT2D eigenvalue weighted by Crippen LogP contribution is -2.07. The largest absolute Gasteiger partial charge is 0.297 e. The molecule has 7 nitrogen and oxygen atoms in total. The molecule has 2 rings (SSSR count). The minimum atomic E-state index is -0.474. The van der Waals surface area contributed by atoms with Gasteiger partial charge in [0.05, 0.1) is 4.92 Å². The third-order valence-electron chi connectivity index (χ3n) is 3.51. The molecular weight excluding hydrogens is 328 g/mol. The number of hydrogen-bond acceptors (Lipinski definition) is 6. The van der Waals surface area contributed by atoms with E-state index in [-0.39, 0.29) is 11.6 Å². The van der Waals surface area contributed by atoms with Crippen LogP contribution in [0.3, 0.4) is 0 Å². The first-order valence-electron chi connectivity index (χ1n) is 7.60. The topological polar surface area (TPSA) is 98.0 Å². The maximum absolute atomic E-state index is 11.9. The number of hydrogen-bond donors (Lipinski definition) is 1. The van der Waals surface area contributed by atoms with Gasteiger partial charge in [-0.25, -0.2) is 0 Å². The first-order chi connectivity index (χ1) is 11.5. The Morgan fingerprint density at radius 2 is 2.12 bits per heavy atom. The van der Waals surface area contributed by atoms with Gasteiger partial charge in [0.15, 0.2) is 0 Å². The Labute approximate surface area is 143 Å². The quantitative estimate of drug-likeness (QED) is 0.464. The SMILES string of the molecule is CCC(CC)c1nnc(NC(=O)/C=C\c2cccc([N+](=O)[O-])c2)s1. The van der Waals surface area contributed by atoms with E-state index >= 15 is 0 Å². The molecule has 1 N–H and O–H groups in total. The van der Waals surface area contributed by atoms with Gasteiger partial charge in [-0.15, -0.1) is 10.2 Å². The van der Waals surface area contributed by atoms with Crippen LogP contribution in [0.4, 0.5) is 10.8 Å². The maximum atomic E-state index is 11.9. The molecule has 8 heteroatoms. The van der Waals surface area contributed by atoms with Crippen molar-refractivity contribution in [2.45, 2.75) is 32.6 Å². The first kappa shape index (κ1) is 17.7. The number of amides is 1. The van der Waals surface area contributed by atoms with Crippen LogP contribution < -0.4 is 5.32 Å². The normalized spacial score (nSPS) is 11.1. The molecule has 0 aliphatic heterocycles. The summed E-state index contributed by atoms with van der Waals surface area (Å²) < 4.78 is 0. The van der Waals surface area contributed by atoms with E-state index in [1.807, 2.05) is 0 Å². The molecule has 0 fully saturated rings. The summed E-state index contributed by atoms with van der Waals surface area (Å²) in [7, 11) is 0. The van der Waals surface area contributed by atoms with Gasteiger partial charge in [-0.05, 0) is 24.5 Å². The molecule has 24 heavy (non-hydrogen) atoms. The van der Waals surface area contributed by atoms with Crippen LogP contribution in [0.5, 0.6) is 0 Å². The van der Waals surface area contributed by atoms with Crippen LogP contribution in [0.2, 0.25) is 0 Å². The smallest absolute Gasteiger partial charge is 0.270 e. The van der Waals surface area contributed by atoms with Gasteiger partial charge in [0.2, 0.25) is 11.0 Å². The third-order valence-corrected chi connectivity index (χ3v) is 4.51. The molecule has 1 heterocycles. The number of benzene rings is 1. The predicted octanol–water partition coefficient (Wildman–Crippen LogP) is 4.00. The second kappa shape index (κ2) is 8.30. The average Bonchev–Trinajstić information content (AvgIpc) is 3.02. The van der Waals surface area contributed by atoms with Gasteiger partial charge >= 0.3 is 0 Å². The van der Waals surface area contributed by atoms with Gasteiger partial charge in [-0.3, -0.25) is 20.2 Å². The molecular formula is C16H18N4O3S. The lowest BCUT2D eigenvalue weighted by atomic mass is 10.1. The Balaban J connectivity index is 2.00. The molecule has 0 aliphatic rings. The number of nitro groups is 1. The van der Waals surface area contributed by atoms with Crippen molar-refractivity contribution < 1.29 is 9.72 Å². The molecule has 0 spiro atoms. The summed E-state index contributed by atoms with van der Waals surface area (Å²) in [5, 5.41) is 22.8. The molecule has 0 bridgehead atoms. The Bertz CT molecular complexity index is 753. The van der Waals surface area contributed by atoms with E-state index in [0.29, 0.717) is 16.6 Å². The number of aromatic nitrogens is 2. The number of nitro benzene ring substituents is 1. The number of non-ortho nitro benzene ring substituents is 1. The van der Waals surface area contributed by atoms with Gasteiger partial charge in [-0.2, -0.15) is 0 Å². The molecule has 0 aliphatic carbocycles. The number of anilines is 1. The second-order valence-corrected chi connectivity index (χ2v) is 6.14. The van der Waals surface area contributed by atoms with Crippen molar-refractivity contribution in [2.75, 3.05) is 5.32 Å². The molecule has 0 unspecified atom stereocenters. The van der Waals surface area contributed by atoms with Gasteiger partial charge in [0.1, 0.15) is 5.01 Å². The Morgan fingerprint density at radius 1 is 1.38 bits per heavy atom. The van der Waals surface area contributed by atoms with Crippen molar-refractivity contribution in [1.29, 1.82) is 0 Å². The van der Waals surface area contributed by atoms with E-state index in [1.54, 1.807) is 12.1 Å². The van der Waals surface area contributed by atoms with Crippen LogP contribution in [-0.4, -0.2) is 21.0 Å². The van der Waals surface area contributed by atoms with E-state index in [1.165, 1.54) is 35.6 Å². The van der Waals surface area contributed by atoms with Crippen molar-refractivity contribution in [3.05, 3.63) is 51.0 Å². The highest BCUT2D eigenvalue weighted by molar-refractivity contribution is 7.15. The van der Waals surface area contributed by atoms with Gasteiger partial charge in [0.25, 0.3) is 5.69 Å². The van der Waals surface area contributed by atoms with E-state index in [4.69, 9.17) is 0 Å². The summed E-state index contributed by atoms with van der Waals surface area (Å²) in [4.78, 5) is 22.2. The molecule has 1 aromatic carbocycles. The summed E-state index contributed by atoms with van der Waals surface area (Å²) in [6.45, 7) is 4.19. The van der Waals surface area contributed by atoms with E-state index in [9.17, 15) is 14.9 Å². The summed E-state index contributed by atoms with van der Waals surface area (Å²) in [6, 6.07) is 6.06. The molecule has 2 aromatic rings. The Hall–Kier alpha value is -2.61. The van der Waals surface area contributed by atoms with Gasteiger partial charge < -0.3 is 0 Å². The fraction of sp³-hybridized carbons (Fsp3) is 0.312. The molecule has 1 aromatic heterocycles. The average molecular weight is 346 g/mol. The summed E-state index contributed by atoms with van der Waals surface area (Å²) in [6.07, 6.45) is 4.79. The number of rotatable bonds is 7. The summed E-state index contributed by atoms with van der Waals surface area (Å²) in [5.74, 6) is 0.00214. The summed E-state index contributed by atoms with van der Waals surface area (Å²) >= 11 is 1.37. The second-order valence-electron chi connectivity index (χ2n) is 5.13. The van der Waals surface area contributed by atoms with Crippen molar-refractivity contribution in [1.82, 2.24) is 10.2 Å². The third kappa shape index (κ3) is 4.69. The van der Waals surface area contributed by atoms with Gasteiger partial charge in [-0.1, -0.05) is 37.3 Å². The molecule has 1 amide bonds. The summed E-state index contributed by atoms with van der Waals surface area (Å²) in [5.41, 5.74) is 0.561. The van der Waals surface area contributed by atoms with Crippen molar-refractivity contribution in [3.63, 3.8) is 0 Å². The fourth-order valence-corrected chi connectivity index (χ4v) is 3.16. The zero-order valence-electron chi connectivity index (χ0n) is 13.4. The fourth-order valence-electron chi connectivity index (χ4n) is 2.15. The number of nitrogens with one attached hydrogen (secondary N) is 1. The maximum Gasteiger partial charge on any atom is 0.270 e. The van der Waals surface area contributed by atoms with Crippen LogP contribution in [0.1, 0.15) is 43.2 Å². The lowest BCUT2D eigenvalue weighted by molar-refractivity contribution is -0.384. The number of carbonyl (C=O) groups is 1. The minimum absolute atomic E-state index is 0.0171. The van der Waals surface area contributed by atoms with E-state index in [0.717, 1.165) is 17.8 Å². The standard InChI is InChI=1S/C16H18N4O3S/c1-3-12(4-2)15-18-19-16(24-15)17-14(21)9-8-11-6-5-7-13(10-11)20(22)23/h5-10,12H,3-4H2,1-2H3,(H,17,19,21)/b9-8-. The monoisotopic (exact) mass is 346 g/mol. The highest BCUT2D eigenvalue weighted by atomic mass is 32.1. The molecule has 0 saturated carbocycles. The zero-order valence-corrected chi connectivity index (χ0v) is 14.2. The van der Waals surface area contributed by atoms with Crippen molar-refractivity contribution in [2.24, 2.45) is 0 Å². The van der Waals surface area contributed by atoms with Crippen molar-refractivity contribution >= 4 is 34.1 Å². The number of nitrogens with zero attached hydrogens (tertiary/aromatic N) is 3. The van der Waals surface area contributed by atoms with Crippen LogP contribution in [0.15, 0.2) is 30.3 Å². The van der Waals surface area contributed by atoms with Crippen molar-refractivity contribution in [3.8, 4) is 0 Å². The van der Waals surface area contributed by atoms with Crippen LogP contribution in [0.25, 0.3) is 6.08 Å². The molecule has 0 radical (unpaired) electrons. The molecule has 0 saturated heterocycles. The zero-order chi connectivity index (χ0) is 17.5. The van der Waals surface area contributed by atoms with E-state index in [2.05, 4.69) is 29.4 Å². The highest BCUT2D eigenvalue weighted by Gasteiger charge is 2.13. The lowest BCUT2D eigenvalue weighted by Gasteiger charge is -2.05. The highest BCUT2D eigenvalue weighted by Crippen LogP contribution is 2.28. The Morgan fingerprint density at radius 3 is 2.79 bits per heavy atom. The molecule has 0 atom stereocenters.